The smallest absolute Gasteiger partial charge is 0.243 e. The Bertz CT molecular complexity index is 1220. The van der Waals surface area contributed by atoms with Gasteiger partial charge in [0.2, 0.25) is 27.6 Å². The summed E-state index contributed by atoms with van der Waals surface area (Å²) in [7, 11) is -2.29. The maximum Gasteiger partial charge on any atom is 0.243 e. The van der Waals surface area contributed by atoms with Crippen LogP contribution >= 0.6 is 0 Å². The van der Waals surface area contributed by atoms with Crippen LogP contribution in [0.1, 0.15) is 30.4 Å². The standard InChI is InChI=1S/C22H24N4O4S/c1-15-6-8-17(9-7-15)22-23-21(30-24-22)14-25(3)31(28,29)19-10-11-20-18(13-19)5-4-12-26(20)16(2)27/h6-11,13H,4-5,12,14H2,1-3H3. The maximum absolute atomic E-state index is 13.1. The Labute approximate surface area is 181 Å². The zero-order valence-corrected chi connectivity index (χ0v) is 18.5. The van der Waals surface area contributed by atoms with Crippen LogP contribution in [0.4, 0.5) is 5.69 Å². The van der Waals surface area contributed by atoms with Gasteiger partial charge >= 0.3 is 0 Å². The summed E-state index contributed by atoms with van der Waals surface area (Å²) in [5.41, 5.74) is 3.56. The van der Waals surface area contributed by atoms with E-state index >= 15 is 0 Å². The van der Waals surface area contributed by atoms with Crippen molar-refractivity contribution in [2.45, 2.75) is 38.1 Å². The summed E-state index contributed by atoms with van der Waals surface area (Å²) in [4.78, 5) is 18.0. The van der Waals surface area contributed by atoms with Gasteiger partial charge in [0, 0.05) is 31.8 Å². The number of anilines is 1. The summed E-state index contributed by atoms with van der Waals surface area (Å²) < 4.78 is 32.7. The Kier molecular flexibility index (Phi) is 5.63. The number of benzene rings is 2. The molecule has 4 rings (SSSR count). The number of carbonyl (C=O) groups is 1. The molecule has 9 heteroatoms. The molecule has 0 aliphatic carbocycles. The lowest BCUT2D eigenvalue weighted by molar-refractivity contribution is -0.116. The fraction of sp³-hybridized carbons (Fsp3) is 0.318. The highest BCUT2D eigenvalue weighted by molar-refractivity contribution is 7.89. The quantitative estimate of drug-likeness (QED) is 0.605. The zero-order chi connectivity index (χ0) is 22.2. The van der Waals surface area contributed by atoms with E-state index in [9.17, 15) is 13.2 Å². The molecule has 0 spiro atoms. The number of hydrogen-bond acceptors (Lipinski definition) is 6. The van der Waals surface area contributed by atoms with E-state index in [-0.39, 0.29) is 23.2 Å². The van der Waals surface area contributed by atoms with E-state index < -0.39 is 10.0 Å². The van der Waals surface area contributed by atoms with Gasteiger partial charge in [-0.2, -0.15) is 9.29 Å². The Hall–Kier alpha value is -3.04. The molecule has 1 aromatic heterocycles. The van der Waals surface area contributed by atoms with Crippen molar-refractivity contribution in [3.05, 3.63) is 59.5 Å². The number of aromatic nitrogens is 2. The third-order valence-corrected chi connectivity index (χ3v) is 7.19. The van der Waals surface area contributed by atoms with Crippen LogP contribution in [0.15, 0.2) is 51.9 Å². The number of sulfonamides is 1. The lowest BCUT2D eigenvalue weighted by atomic mass is 10.0. The predicted molar refractivity (Wildman–Crippen MR) is 116 cm³/mol. The average Bonchev–Trinajstić information content (AvgIpc) is 3.21. The van der Waals surface area contributed by atoms with Crippen LogP contribution in [0.3, 0.4) is 0 Å². The molecule has 31 heavy (non-hydrogen) atoms. The first kappa shape index (κ1) is 21.2. The molecular weight excluding hydrogens is 416 g/mol. The van der Waals surface area contributed by atoms with E-state index in [4.69, 9.17) is 4.52 Å². The van der Waals surface area contributed by atoms with E-state index in [2.05, 4.69) is 10.1 Å². The molecule has 162 valence electrons. The number of carbonyl (C=O) groups excluding carboxylic acids is 1. The van der Waals surface area contributed by atoms with Crippen molar-refractivity contribution in [1.82, 2.24) is 14.4 Å². The van der Waals surface area contributed by atoms with Gasteiger partial charge in [0.1, 0.15) is 0 Å². The van der Waals surface area contributed by atoms with Crippen LogP contribution in [0.5, 0.6) is 0 Å². The molecule has 1 amide bonds. The van der Waals surface area contributed by atoms with E-state index in [1.54, 1.807) is 17.0 Å². The SMILES string of the molecule is CC(=O)N1CCCc2cc(S(=O)(=O)N(C)Cc3nc(-c4ccc(C)cc4)no3)ccc21. The first-order valence-corrected chi connectivity index (χ1v) is 11.5. The van der Waals surface area contributed by atoms with Gasteiger partial charge in [-0.15, -0.1) is 0 Å². The highest BCUT2D eigenvalue weighted by atomic mass is 32.2. The molecule has 0 N–H and O–H groups in total. The van der Waals surface area contributed by atoms with E-state index in [1.165, 1.54) is 24.3 Å². The molecule has 2 aromatic carbocycles. The number of rotatable bonds is 5. The topological polar surface area (TPSA) is 96.6 Å². The first-order chi connectivity index (χ1) is 14.8. The summed E-state index contributed by atoms with van der Waals surface area (Å²) >= 11 is 0. The number of hydrogen-bond donors (Lipinski definition) is 0. The van der Waals surface area contributed by atoms with Crippen LogP contribution < -0.4 is 4.90 Å². The Morgan fingerprint density at radius 3 is 2.65 bits per heavy atom. The van der Waals surface area contributed by atoms with E-state index in [0.29, 0.717) is 12.4 Å². The molecule has 0 saturated carbocycles. The molecule has 0 radical (unpaired) electrons. The van der Waals surface area contributed by atoms with Crippen molar-refractivity contribution in [2.75, 3.05) is 18.5 Å². The van der Waals surface area contributed by atoms with Gasteiger partial charge in [0.05, 0.1) is 11.4 Å². The lowest BCUT2D eigenvalue weighted by Crippen LogP contribution is -2.34. The van der Waals surface area contributed by atoms with Gasteiger partial charge in [-0.25, -0.2) is 8.42 Å². The number of fused-ring (bicyclic) bond motifs is 1. The van der Waals surface area contributed by atoms with Gasteiger partial charge in [-0.1, -0.05) is 35.0 Å². The van der Waals surface area contributed by atoms with Crippen LogP contribution in [0.25, 0.3) is 11.4 Å². The largest absolute Gasteiger partial charge is 0.338 e. The Morgan fingerprint density at radius 1 is 1.19 bits per heavy atom. The second-order valence-electron chi connectivity index (χ2n) is 7.70. The highest BCUT2D eigenvalue weighted by Gasteiger charge is 2.26. The summed E-state index contributed by atoms with van der Waals surface area (Å²) in [5, 5.41) is 3.96. The van der Waals surface area contributed by atoms with Crippen LogP contribution in [-0.4, -0.2) is 42.4 Å². The van der Waals surface area contributed by atoms with Crippen LogP contribution in [0.2, 0.25) is 0 Å². The minimum Gasteiger partial charge on any atom is -0.338 e. The Morgan fingerprint density at radius 2 is 1.94 bits per heavy atom. The molecular formula is C22H24N4O4S. The molecule has 2 heterocycles. The molecule has 0 unspecified atom stereocenters. The van der Waals surface area contributed by atoms with Crippen LogP contribution in [0, 0.1) is 6.92 Å². The molecule has 0 bridgehead atoms. The normalized spacial score (nSPS) is 14.0. The monoisotopic (exact) mass is 440 g/mol. The summed E-state index contributed by atoms with van der Waals surface area (Å²) in [6.07, 6.45) is 1.53. The molecule has 0 fully saturated rings. The summed E-state index contributed by atoms with van der Waals surface area (Å²) in [6, 6.07) is 12.6. The van der Waals surface area contributed by atoms with E-state index in [1.807, 2.05) is 31.2 Å². The molecule has 1 aliphatic rings. The minimum atomic E-state index is -3.77. The zero-order valence-electron chi connectivity index (χ0n) is 17.7. The fourth-order valence-corrected chi connectivity index (χ4v) is 4.83. The lowest BCUT2D eigenvalue weighted by Gasteiger charge is -2.29. The van der Waals surface area contributed by atoms with Gasteiger partial charge < -0.3 is 9.42 Å². The van der Waals surface area contributed by atoms with Gasteiger partial charge in [-0.05, 0) is 43.5 Å². The molecule has 8 nitrogen and oxygen atoms in total. The van der Waals surface area contributed by atoms with Gasteiger partial charge in [-0.3, -0.25) is 4.79 Å². The van der Waals surface area contributed by atoms with Crippen molar-refractivity contribution < 1.29 is 17.7 Å². The summed E-state index contributed by atoms with van der Waals surface area (Å²) in [6.45, 7) is 4.11. The highest BCUT2D eigenvalue weighted by Crippen LogP contribution is 2.30. The average molecular weight is 441 g/mol. The van der Waals surface area contributed by atoms with Crippen molar-refractivity contribution >= 4 is 21.6 Å². The minimum absolute atomic E-state index is 0.0438. The second-order valence-corrected chi connectivity index (χ2v) is 9.75. The first-order valence-electron chi connectivity index (χ1n) is 10.0. The molecule has 3 aromatic rings. The summed E-state index contributed by atoms with van der Waals surface area (Å²) in [5.74, 6) is 0.579. The molecule has 0 atom stereocenters. The van der Waals surface area contributed by atoms with Crippen molar-refractivity contribution in [3.8, 4) is 11.4 Å². The molecule has 1 aliphatic heterocycles. The fourth-order valence-electron chi connectivity index (χ4n) is 3.66. The van der Waals surface area contributed by atoms with Crippen LogP contribution in [-0.2, 0) is 27.8 Å². The third-order valence-electron chi connectivity index (χ3n) is 5.39. The maximum atomic E-state index is 13.1. The van der Waals surface area contributed by atoms with Crippen molar-refractivity contribution in [2.24, 2.45) is 0 Å². The number of amides is 1. The van der Waals surface area contributed by atoms with E-state index in [0.717, 1.165) is 35.2 Å². The number of aryl methyl sites for hydroxylation is 2. The van der Waals surface area contributed by atoms with Crippen molar-refractivity contribution in [3.63, 3.8) is 0 Å². The van der Waals surface area contributed by atoms with Crippen molar-refractivity contribution in [1.29, 1.82) is 0 Å². The van der Waals surface area contributed by atoms with Gasteiger partial charge in [0.15, 0.2) is 0 Å². The predicted octanol–water partition coefficient (Wildman–Crippen LogP) is 3.16. The third kappa shape index (κ3) is 4.24. The Balaban J connectivity index is 1.54. The van der Waals surface area contributed by atoms with Gasteiger partial charge in [0.25, 0.3) is 0 Å². The molecule has 0 saturated heterocycles. The number of nitrogens with zero attached hydrogens (tertiary/aromatic N) is 4. The second kappa shape index (κ2) is 8.24.